The van der Waals surface area contributed by atoms with Crippen LogP contribution in [0.15, 0.2) is 18.2 Å². The number of carbonyl (C=O) groups is 3. The van der Waals surface area contributed by atoms with Crippen LogP contribution in [-0.2, 0) is 27.3 Å². The number of carbonyl (C=O) groups excluding carboxylic acids is 3. The van der Waals surface area contributed by atoms with E-state index in [0.717, 1.165) is 0 Å². The molecule has 1 heterocycles. The molecule has 2 aromatic carbocycles. The first-order valence-corrected chi connectivity index (χ1v) is 12.5. The number of fused-ring (bicyclic) bond motifs is 3. The quantitative estimate of drug-likeness (QED) is 0.189. The third-order valence-electron chi connectivity index (χ3n) is 7.96. The highest BCUT2D eigenvalue weighted by Crippen LogP contribution is 2.52. The number of hydrogen-bond donors (Lipinski definition) is 7. The minimum Gasteiger partial charge on any atom is -0.507 e. The molecule has 12 heteroatoms. The molecule has 6 atom stereocenters. The van der Waals surface area contributed by atoms with Crippen LogP contribution in [-0.4, -0.2) is 84.7 Å². The van der Waals surface area contributed by atoms with Crippen LogP contribution in [0.2, 0.25) is 0 Å². The lowest BCUT2D eigenvalue weighted by Gasteiger charge is -2.41. The summed E-state index contributed by atoms with van der Waals surface area (Å²) in [5.74, 6) is -3.94. The molecule has 9 N–H and O–H groups in total. The summed E-state index contributed by atoms with van der Waals surface area (Å²) >= 11 is 0. The van der Waals surface area contributed by atoms with Crippen molar-refractivity contribution in [1.82, 2.24) is 0 Å². The zero-order chi connectivity index (χ0) is 28.4. The molecular formula is C27H30NO11+. The lowest BCUT2D eigenvalue weighted by atomic mass is 9.71. The topological polar surface area (TPSA) is 219 Å². The SMILES string of the molecule is C[C@@H]1O[C@@H](O[C@H]2C[C@](O)(C(=O)CO)Cc3c(O)c4c(c(O)c32)C(=O)c2c(CO)cccc2C4=O)C[C@H]([NH3+])[C@@H]1O. The smallest absolute Gasteiger partial charge is 0.198 e. The first-order chi connectivity index (χ1) is 18.4. The van der Waals surface area contributed by atoms with Gasteiger partial charge in [-0.1, -0.05) is 18.2 Å². The van der Waals surface area contributed by atoms with Gasteiger partial charge in [-0.2, -0.15) is 0 Å². The predicted molar refractivity (Wildman–Crippen MR) is 130 cm³/mol. The molecule has 1 aliphatic heterocycles. The summed E-state index contributed by atoms with van der Waals surface area (Å²) in [4.78, 5) is 39.7. The van der Waals surface area contributed by atoms with E-state index in [1.807, 2.05) is 0 Å². The standard InChI is InChI=1S/C27H29NO11/c1-10-22(32)14(28)5-17(38-10)39-15-7-27(37,16(31)9-30)6-13-19(15)26(36)21-20(24(13)34)23(33)12-4-2-3-11(8-29)18(12)25(21)35/h2-4,10,14-15,17,22,29-30,32,34,36-37H,5-9,28H2,1H3/p+1/t10-,14-,15-,17-,22+,27-/m0/s1. The number of aliphatic hydroxyl groups excluding tert-OH is 3. The van der Waals surface area contributed by atoms with Crippen molar-refractivity contribution in [3.05, 3.63) is 57.1 Å². The van der Waals surface area contributed by atoms with Gasteiger partial charge in [0.2, 0.25) is 0 Å². The molecule has 5 rings (SSSR count). The summed E-state index contributed by atoms with van der Waals surface area (Å²) < 4.78 is 11.8. The monoisotopic (exact) mass is 544 g/mol. The number of rotatable bonds is 5. The van der Waals surface area contributed by atoms with Gasteiger partial charge >= 0.3 is 0 Å². The van der Waals surface area contributed by atoms with Gasteiger partial charge in [-0.15, -0.1) is 0 Å². The molecule has 1 saturated heterocycles. The van der Waals surface area contributed by atoms with Gasteiger partial charge in [0.05, 0.1) is 36.4 Å². The van der Waals surface area contributed by atoms with Gasteiger partial charge in [-0.3, -0.25) is 14.4 Å². The zero-order valence-electron chi connectivity index (χ0n) is 21.1. The molecule has 0 amide bonds. The number of aliphatic hydroxyl groups is 4. The Labute approximate surface area is 222 Å². The first kappa shape index (κ1) is 27.3. The first-order valence-electron chi connectivity index (χ1n) is 12.5. The van der Waals surface area contributed by atoms with E-state index < -0.39 is 102 Å². The molecule has 2 aliphatic carbocycles. The number of phenols is 2. The van der Waals surface area contributed by atoms with Crippen LogP contribution in [0.5, 0.6) is 11.5 Å². The number of hydrogen-bond acceptors (Lipinski definition) is 11. The van der Waals surface area contributed by atoms with E-state index in [1.165, 1.54) is 18.2 Å². The van der Waals surface area contributed by atoms with Crippen LogP contribution in [0.3, 0.4) is 0 Å². The maximum Gasteiger partial charge on any atom is 0.198 e. The second-order valence-electron chi connectivity index (χ2n) is 10.4. The minimum absolute atomic E-state index is 0.0800. The van der Waals surface area contributed by atoms with Gasteiger partial charge in [-0.25, -0.2) is 0 Å². The molecule has 12 nitrogen and oxygen atoms in total. The molecular weight excluding hydrogens is 514 g/mol. The van der Waals surface area contributed by atoms with Crippen LogP contribution >= 0.6 is 0 Å². The number of benzene rings is 2. The summed E-state index contributed by atoms with van der Waals surface area (Å²) in [7, 11) is 0. The maximum atomic E-state index is 13.6. The van der Waals surface area contributed by atoms with Gasteiger partial charge in [0, 0.05) is 35.1 Å². The van der Waals surface area contributed by atoms with Gasteiger partial charge < -0.3 is 45.8 Å². The van der Waals surface area contributed by atoms with E-state index in [0.29, 0.717) is 0 Å². The van der Waals surface area contributed by atoms with E-state index in [-0.39, 0.29) is 34.2 Å². The van der Waals surface area contributed by atoms with Crippen LogP contribution in [0.4, 0.5) is 0 Å². The van der Waals surface area contributed by atoms with E-state index in [1.54, 1.807) is 6.92 Å². The van der Waals surface area contributed by atoms with Crippen molar-refractivity contribution in [3.8, 4) is 11.5 Å². The Hall–Kier alpha value is -3.23. The lowest BCUT2D eigenvalue weighted by Crippen LogP contribution is -2.71. The normalized spacial score (nSPS) is 29.9. The van der Waals surface area contributed by atoms with Gasteiger partial charge in [0.15, 0.2) is 23.6 Å². The molecule has 208 valence electrons. The molecule has 0 saturated carbocycles. The van der Waals surface area contributed by atoms with Crippen LogP contribution < -0.4 is 5.73 Å². The average Bonchev–Trinajstić information content (AvgIpc) is 2.90. The molecule has 2 aromatic rings. The summed E-state index contributed by atoms with van der Waals surface area (Å²) in [6.07, 6.45) is -4.81. The van der Waals surface area contributed by atoms with Crippen molar-refractivity contribution in [2.45, 2.75) is 69.0 Å². The third-order valence-corrected chi connectivity index (χ3v) is 7.96. The van der Waals surface area contributed by atoms with Gasteiger partial charge in [0.1, 0.15) is 35.9 Å². The van der Waals surface area contributed by atoms with E-state index in [4.69, 9.17) is 9.47 Å². The maximum absolute atomic E-state index is 13.6. The Bertz CT molecular complexity index is 1380. The second-order valence-corrected chi connectivity index (χ2v) is 10.4. The van der Waals surface area contributed by atoms with Crippen molar-refractivity contribution in [2.24, 2.45) is 0 Å². The Morgan fingerprint density at radius 2 is 1.82 bits per heavy atom. The fourth-order valence-corrected chi connectivity index (χ4v) is 5.87. The summed E-state index contributed by atoms with van der Waals surface area (Å²) in [6, 6.07) is 3.80. The summed E-state index contributed by atoms with van der Waals surface area (Å²) in [6.45, 7) is 0.0422. The number of ether oxygens (including phenoxy) is 2. The Kier molecular flexibility index (Phi) is 6.84. The fourth-order valence-electron chi connectivity index (χ4n) is 5.87. The molecule has 1 fully saturated rings. The highest BCUT2D eigenvalue weighted by atomic mass is 16.7. The number of ketones is 3. The molecule has 0 unspecified atom stereocenters. The lowest BCUT2D eigenvalue weighted by molar-refractivity contribution is -0.466. The summed E-state index contributed by atoms with van der Waals surface area (Å²) in [5, 5.41) is 63.5. The van der Waals surface area contributed by atoms with Crippen molar-refractivity contribution < 1.29 is 60.2 Å². The molecule has 0 bridgehead atoms. The molecule has 39 heavy (non-hydrogen) atoms. The summed E-state index contributed by atoms with van der Waals surface area (Å²) in [5.41, 5.74) is 0.341. The van der Waals surface area contributed by atoms with Crippen molar-refractivity contribution >= 4 is 17.3 Å². The number of Topliss-reactive ketones (excluding diaryl/α,β-unsaturated/α-hetero) is 1. The average molecular weight is 545 g/mol. The van der Waals surface area contributed by atoms with E-state index >= 15 is 0 Å². The van der Waals surface area contributed by atoms with Crippen molar-refractivity contribution in [3.63, 3.8) is 0 Å². The number of phenolic OH excluding ortho intramolecular Hbond substituents is 2. The highest BCUT2D eigenvalue weighted by molar-refractivity contribution is 6.31. The molecule has 0 radical (unpaired) electrons. The highest BCUT2D eigenvalue weighted by Gasteiger charge is 2.50. The Morgan fingerprint density at radius 3 is 2.46 bits per heavy atom. The second kappa shape index (κ2) is 9.75. The Balaban J connectivity index is 1.69. The van der Waals surface area contributed by atoms with Crippen LogP contribution in [0.1, 0.15) is 74.4 Å². The van der Waals surface area contributed by atoms with Gasteiger partial charge in [-0.05, 0) is 12.5 Å². The molecule has 3 aliphatic rings. The fraction of sp³-hybridized carbons (Fsp3) is 0.444. The number of aromatic hydroxyl groups is 2. The minimum atomic E-state index is -2.24. The van der Waals surface area contributed by atoms with Gasteiger partial charge in [0.25, 0.3) is 0 Å². The molecule has 0 spiro atoms. The van der Waals surface area contributed by atoms with Crippen molar-refractivity contribution in [1.29, 1.82) is 0 Å². The third kappa shape index (κ3) is 4.16. The predicted octanol–water partition coefficient (Wildman–Crippen LogP) is -1.23. The van der Waals surface area contributed by atoms with E-state index in [2.05, 4.69) is 5.73 Å². The number of quaternary nitrogens is 1. The van der Waals surface area contributed by atoms with Crippen molar-refractivity contribution in [2.75, 3.05) is 6.61 Å². The van der Waals surface area contributed by atoms with E-state index in [9.17, 15) is 45.0 Å². The van der Waals surface area contributed by atoms with Crippen LogP contribution in [0.25, 0.3) is 0 Å². The molecule has 0 aromatic heterocycles. The largest absolute Gasteiger partial charge is 0.507 e. The van der Waals surface area contributed by atoms with Crippen LogP contribution in [0, 0.1) is 0 Å². The Morgan fingerprint density at radius 1 is 1.13 bits per heavy atom. The zero-order valence-corrected chi connectivity index (χ0v) is 21.1.